The molecule has 3 aromatic rings. The third-order valence-electron chi connectivity index (χ3n) is 3.98. The van der Waals surface area contributed by atoms with Gasteiger partial charge in [0.1, 0.15) is 12.4 Å². The van der Waals surface area contributed by atoms with Crippen LogP contribution in [0.3, 0.4) is 0 Å². The molecule has 1 aromatic heterocycles. The van der Waals surface area contributed by atoms with Gasteiger partial charge < -0.3 is 15.6 Å². The number of carbonyl (C=O) groups is 1. The van der Waals surface area contributed by atoms with Crippen LogP contribution in [0.15, 0.2) is 48.7 Å². The first-order valence-corrected chi connectivity index (χ1v) is 7.84. The number of aromatic nitrogens is 2. The number of nitrogens with two attached hydrogens (primary N) is 1. The highest BCUT2D eigenvalue weighted by Gasteiger charge is 2.17. The zero-order chi connectivity index (χ0) is 18.0. The lowest BCUT2D eigenvalue weighted by atomic mass is 10.0. The number of ether oxygens (including phenoxy) is 1. The summed E-state index contributed by atoms with van der Waals surface area (Å²) >= 11 is 0. The number of aliphatic hydroxyl groups excluding tert-OH is 1. The Hall–Kier alpha value is -3.12. The zero-order valence-corrected chi connectivity index (χ0v) is 14.1. The fourth-order valence-electron chi connectivity index (χ4n) is 2.69. The van der Waals surface area contributed by atoms with Crippen molar-refractivity contribution < 1.29 is 14.6 Å². The maximum atomic E-state index is 11.4. The van der Waals surface area contributed by atoms with E-state index < -0.39 is 12.6 Å². The van der Waals surface area contributed by atoms with Crippen LogP contribution in [0.1, 0.15) is 11.1 Å². The molecule has 2 aromatic carbocycles. The third-order valence-corrected chi connectivity index (χ3v) is 3.98. The summed E-state index contributed by atoms with van der Waals surface area (Å²) in [5.41, 5.74) is 10.6. The number of nitrogen functional groups attached to an aromatic ring is 1. The van der Waals surface area contributed by atoms with E-state index in [1.165, 1.54) is 0 Å². The highest BCUT2D eigenvalue weighted by atomic mass is 16.5. The van der Waals surface area contributed by atoms with Crippen molar-refractivity contribution in [3.05, 3.63) is 59.8 Å². The molecule has 25 heavy (non-hydrogen) atoms. The first-order chi connectivity index (χ1) is 12.0. The molecule has 0 saturated heterocycles. The summed E-state index contributed by atoms with van der Waals surface area (Å²) in [6.07, 6.45) is 1.87. The highest BCUT2D eigenvalue weighted by molar-refractivity contribution is 5.82. The van der Waals surface area contributed by atoms with Crippen molar-refractivity contribution in [2.75, 3.05) is 12.3 Å². The lowest BCUT2D eigenvalue weighted by molar-refractivity contribution is -0.137. The van der Waals surface area contributed by atoms with Gasteiger partial charge in [0.2, 0.25) is 0 Å². The second-order valence-corrected chi connectivity index (χ2v) is 5.72. The van der Waals surface area contributed by atoms with Crippen molar-refractivity contribution in [3.8, 4) is 22.7 Å². The maximum Gasteiger partial charge on any atom is 0.337 e. The van der Waals surface area contributed by atoms with Crippen molar-refractivity contribution in [1.29, 1.82) is 0 Å². The zero-order valence-electron chi connectivity index (χ0n) is 14.1. The Balaban J connectivity index is 2.01. The molecular formula is C19H19N3O3. The first kappa shape index (κ1) is 16.7. The molecule has 3 N–H and O–H groups in total. The predicted molar refractivity (Wildman–Crippen MR) is 95.6 cm³/mol. The van der Waals surface area contributed by atoms with Gasteiger partial charge in [0.05, 0.1) is 11.4 Å². The third kappa shape index (κ3) is 3.25. The van der Waals surface area contributed by atoms with E-state index in [1.807, 2.05) is 55.6 Å². The largest absolute Gasteiger partial charge is 0.424 e. The number of nitrogens with zero attached hydrogens (tertiary/aromatic N) is 2. The van der Waals surface area contributed by atoms with Gasteiger partial charge in [-0.15, -0.1) is 0 Å². The average Bonchev–Trinajstić information content (AvgIpc) is 3.12. The molecule has 3 rings (SSSR count). The SMILES string of the molecule is Cc1cc(-c2ccn(-c3ccccc3)n2)c(N)c(C)c1OC(=O)CO. The van der Waals surface area contributed by atoms with Crippen molar-refractivity contribution >= 4 is 11.7 Å². The van der Waals surface area contributed by atoms with E-state index in [2.05, 4.69) is 5.10 Å². The van der Waals surface area contributed by atoms with Gasteiger partial charge in [-0.2, -0.15) is 5.10 Å². The molecule has 0 aliphatic heterocycles. The molecule has 0 aliphatic rings. The summed E-state index contributed by atoms with van der Waals surface area (Å²) in [6.45, 7) is 2.92. The number of hydrogen-bond acceptors (Lipinski definition) is 5. The van der Waals surface area contributed by atoms with E-state index in [4.69, 9.17) is 15.6 Å². The van der Waals surface area contributed by atoms with Crippen LogP contribution in [0.5, 0.6) is 5.75 Å². The number of rotatable bonds is 4. The predicted octanol–water partition coefficient (Wildman–Crippen LogP) is 2.64. The van der Waals surface area contributed by atoms with Crippen LogP contribution in [0.2, 0.25) is 0 Å². The van der Waals surface area contributed by atoms with E-state index in [0.29, 0.717) is 17.0 Å². The summed E-state index contributed by atoms with van der Waals surface area (Å²) in [6, 6.07) is 13.5. The summed E-state index contributed by atoms with van der Waals surface area (Å²) in [4.78, 5) is 11.4. The van der Waals surface area contributed by atoms with E-state index in [9.17, 15) is 4.79 Å². The Kier molecular flexibility index (Phi) is 4.54. The van der Waals surface area contributed by atoms with Crippen molar-refractivity contribution in [2.24, 2.45) is 0 Å². The summed E-state index contributed by atoms with van der Waals surface area (Å²) < 4.78 is 6.95. The minimum atomic E-state index is -0.716. The van der Waals surface area contributed by atoms with E-state index in [1.54, 1.807) is 11.6 Å². The number of benzene rings is 2. The number of aryl methyl sites for hydroxylation is 1. The average molecular weight is 337 g/mol. The Morgan fingerprint density at radius 2 is 1.96 bits per heavy atom. The second-order valence-electron chi connectivity index (χ2n) is 5.72. The fourth-order valence-corrected chi connectivity index (χ4v) is 2.69. The van der Waals surface area contributed by atoms with Crippen LogP contribution in [-0.2, 0) is 4.79 Å². The standard InChI is InChI=1S/C19H19N3O3/c1-12-10-15(18(20)13(2)19(12)25-17(24)11-23)16-8-9-22(21-16)14-6-4-3-5-7-14/h3-10,23H,11,20H2,1-2H3. The molecule has 0 bridgehead atoms. The van der Waals surface area contributed by atoms with Gasteiger partial charge in [-0.25, -0.2) is 9.48 Å². The molecule has 6 heteroatoms. The normalized spacial score (nSPS) is 10.7. The fraction of sp³-hybridized carbons (Fsp3) is 0.158. The minimum Gasteiger partial charge on any atom is -0.424 e. The minimum absolute atomic E-state index is 0.378. The molecule has 0 amide bonds. The summed E-state index contributed by atoms with van der Waals surface area (Å²) in [7, 11) is 0. The lowest BCUT2D eigenvalue weighted by Gasteiger charge is -2.15. The number of esters is 1. The smallest absolute Gasteiger partial charge is 0.337 e. The topological polar surface area (TPSA) is 90.4 Å². The molecule has 1 heterocycles. The molecule has 0 atom stereocenters. The Morgan fingerprint density at radius 1 is 1.24 bits per heavy atom. The van der Waals surface area contributed by atoms with Crippen LogP contribution in [-0.4, -0.2) is 27.5 Å². The van der Waals surface area contributed by atoms with Gasteiger partial charge in [-0.05, 0) is 43.7 Å². The summed E-state index contributed by atoms with van der Waals surface area (Å²) in [5, 5.41) is 13.5. The Morgan fingerprint density at radius 3 is 2.64 bits per heavy atom. The summed E-state index contributed by atoms with van der Waals surface area (Å²) in [5.74, 6) is -0.338. The van der Waals surface area contributed by atoms with E-state index >= 15 is 0 Å². The van der Waals surface area contributed by atoms with Crippen molar-refractivity contribution in [3.63, 3.8) is 0 Å². The first-order valence-electron chi connectivity index (χ1n) is 7.84. The van der Waals surface area contributed by atoms with Gasteiger partial charge in [0.25, 0.3) is 0 Å². The van der Waals surface area contributed by atoms with Gasteiger partial charge in [-0.1, -0.05) is 18.2 Å². The Labute approximate surface area is 145 Å². The molecule has 0 radical (unpaired) electrons. The van der Waals surface area contributed by atoms with Gasteiger partial charge in [-0.3, -0.25) is 0 Å². The maximum absolute atomic E-state index is 11.4. The van der Waals surface area contributed by atoms with E-state index in [0.717, 1.165) is 22.5 Å². The Bertz CT molecular complexity index is 917. The second kappa shape index (κ2) is 6.78. The van der Waals surface area contributed by atoms with Crippen molar-refractivity contribution in [1.82, 2.24) is 9.78 Å². The molecule has 0 unspecified atom stereocenters. The number of aliphatic hydroxyl groups is 1. The van der Waals surface area contributed by atoms with Crippen LogP contribution in [0.4, 0.5) is 5.69 Å². The molecule has 6 nitrogen and oxygen atoms in total. The molecular weight excluding hydrogens is 318 g/mol. The molecule has 0 fully saturated rings. The van der Waals surface area contributed by atoms with Gasteiger partial charge in [0.15, 0.2) is 0 Å². The van der Waals surface area contributed by atoms with Gasteiger partial charge >= 0.3 is 5.97 Å². The van der Waals surface area contributed by atoms with Crippen LogP contribution in [0.25, 0.3) is 16.9 Å². The molecule has 0 aliphatic carbocycles. The quantitative estimate of drug-likeness (QED) is 0.434. The molecule has 0 spiro atoms. The highest BCUT2D eigenvalue weighted by Crippen LogP contribution is 2.36. The number of carbonyl (C=O) groups excluding carboxylic acids is 1. The number of para-hydroxylation sites is 1. The number of hydrogen-bond donors (Lipinski definition) is 2. The number of anilines is 1. The van der Waals surface area contributed by atoms with Crippen LogP contribution >= 0.6 is 0 Å². The van der Waals surface area contributed by atoms with Crippen molar-refractivity contribution in [2.45, 2.75) is 13.8 Å². The van der Waals surface area contributed by atoms with Crippen LogP contribution in [0, 0.1) is 13.8 Å². The van der Waals surface area contributed by atoms with E-state index in [-0.39, 0.29) is 0 Å². The molecule has 0 saturated carbocycles. The van der Waals surface area contributed by atoms with Crippen LogP contribution < -0.4 is 10.5 Å². The lowest BCUT2D eigenvalue weighted by Crippen LogP contribution is -2.14. The van der Waals surface area contributed by atoms with Gasteiger partial charge in [0, 0.05) is 23.0 Å². The molecule has 128 valence electrons. The monoisotopic (exact) mass is 337 g/mol.